The smallest absolute Gasteiger partial charge is 0.222 e. The molecule has 0 radical (unpaired) electrons. The standard InChI is InChI=1S/C10H18ClIO/c1-3-5-10(8-12,6-4-2)7-9(11)13/h3-8H2,1-2H3. The molecule has 0 amide bonds. The van der Waals surface area contributed by atoms with Gasteiger partial charge in [0.05, 0.1) is 0 Å². The van der Waals surface area contributed by atoms with Crippen molar-refractivity contribution in [2.24, 2.45) is 5.41 Å². The van der Waals surface area contributed by atoms with E-state index in [-0.39, 0.29) is 10.7 Å². The molecule has 13 heavy (non-hydrogen) atoms. The Kier molecular flexibility index (Phi) is 7.42. The SMILES string of the molecule is CCCC(CI)(CCC)CC(=O)Cl. The molecule has 1 nitrogen and oxygen atoms in total. The first-order chi connectivity index (χ1) is 6.10. The van der Waals surface area contributed by atoms with Gasteiger partial charge in [-0.05, 0) is 29.9 Å². The topological polar surface area (TPSA) is 17.1 Å². The van der Waals surface area contributed by atoms with Crippen LogP contribution in [0.5, 0.6) is 0 Å². The van der Waals surface area contributed by atoms with E-state index in [2.05, 4.69) is 36.4 Å². The lowest BCUT2D eigenvalue weighted by Crippen LogP contribution is -2.24. The fourth-order valence-corrected chi connectivity index (χ4v) is 3.15. The van der Waals surface area contributed by atoms with E-state index < -0.39 is 0 Å². The Hall–Kier alpha value is 0.690. The first kappa shape index (κ1) is 13.7. The molecular formula is C10H18ClIO. The second kappa shape index (κ2) is 7.04. The highest BCUT2D eigenvalue weighted by molar-refractivity contribution is 14.1. The number of halogens is 2. The van der Waals surface area contributed by atoms with Crippen molar-refractivity contribution in [3.8, 4) is 0 Å². The molecule has 0 heterocycles. The maximum atomic E-state index is 10.9. The summed E-state index contributed by atoms with van der Waals surface area (Å²) in [6, 6.07) is 0. The lowest BCUT2D eigenvalue weighted by molar-refractivity contribution is -0.113. The molecule has 0 aliphatic heterocycles. The molecule has 0 saturated carbocycles. The average molecular weight is 317 g/mol. The molecule has 0 unspecified atom stereocenters. The predicted molar refractivity (Wildman–Crippen MR) is 66.6 cm³/mol. The number of carbonyl (C=O) groups is 1. The van der Waals surface area contributed by atoms with Crippen molar-refractivity contribution in [3.05, 3.63) is 0 Å². The monoisotopic (exact) mass is 316 g/mol. The van der Waals surface area contributed by atoms with Gasteiger partial charge in [0, 0.05) is 10.8 Å². The molecule has 3 heteroatoms. The minimum Gasteiger partial charge on any atom is -0.281 e. The molecule has 0 spiro atoms. The summed E-state index contributed by atoms with van der Waals surface area (Å²) in [4.78, 5) is 10.9. The molecule has 0 aromatic carbocycles. The van der Waals surface area contributed by atoms with E-state index in [9.17, 15) is 4.79 Å². The minimum atomic E-state index is -0.182. The summed E-state index contributed by atoms with van der Waals surface area (Å²) in [6.07, 6.45) is 5.03. The molecule has 0 N–H and O–H groups in total. The Bertz CT molecular complexity index is 153. The van der Waals surface area contributed by atoms with Crippen LogP contribution in [-0.4, -0.2) is 9.67 Å². The molecule has 0 aliphatic rings. The van der Waals surface area contributed by atoms with Crippen LogP contribution in [0.3, 0.4) is 0 Å². The summed E-state index contributed by atoms with van der Waals surface area (Å²) in [5, 5.41) is -0.182. The van der Waals surface area contributed by atoms with Crippen LogP contribution in [0.1, 0.15) is 46.0 Å². The Morgan fingerprint density at radius 1 is 1.31 bits per heavy atom. The van der Waals surface area contributed by atoms with Crippen LogP contribution in [-0.2, 0) is 4.79 Å². The Balaban J connectivity index is 4.33. The van der Waals surface area contributed by atoms with Gasteiger partial charge in [0.25, 0.3) is 0 Å². The van der Waals surface area contributed by atoms with Crippen molar-refractivity contribution in [1.82, 2.24) is 0 Å². The van der Waals surface area contributed by atoms with Crippen LogP contribution in [0, 0.1) is 5.41 Å². The zero-order valence-corrected chi connectivity index (χ0v) is 11.3. The van der Waals surface area contributed by atoms with Gasteiger partial charge < -0.3 is 0 Å². The maximum Gasteiger partial charge on any atom is 0.222 e. The molecule has 0 aliphatic carbocycles. The predicted octanol–water partition coefficient (Wildman–Crippen LogP) is 4.16. The summed E-state index contributed by atoms with van der Waals surface area (Å²) in [5.74, 6) is 0. The minimum absolute atomic E-state index is 0.170. The number of hydrogen-bond acceptors (Lipinski definition) is 1. The van der Waals surface area contributed by atoms with Gasteiger partial charge in [-0.15, -0.1) is 0 Å². The second-order valence-electron chi connectivity index (χ2n) is 3.67. The number of rotatable bonds is 7. The summed E-state index contributed by atoms with van der Waals surface area (Å²) < 4.78 is 1.03. The highest BCUT2D eigenvalue weighted by atomic mass is 127. The van der Waals surface area contributed by atoms with Gasteiger partial charge in [0.15, 0.2) is 0 Å². The molecule has 78 valence electrons. The van der Waals surface area contributed by atoms with E-state index in [1.54, 1.807) is 0 Å². The zero-order valence-electron chi connectivity index (χ0n) is 8.41. The number of hydrogen-bond donors (Lipinski definition) is 0. The summed E-state index contributed by atoms with van der Waals surface area (Å²) in [5.41, 5.74) is 0.170. The van der Waals surface area contributed by atoms with Crippen LogP contribution < -0.4 is 0 Å². The highest BCUT2D eigenvalue weighted by Gasteiger charge is 2.29. The van der Waals surface area contributed by atoms with Crippen LogP contribution in [0.4, 0.5) is 0 Å². The summed E-state index contributed by atoms with van der Waals surface area (Å²) in [6.45, 7) is 4.32. The molecule has 0 rings (SSSR count). The quantitative estimate of drug-likeness (QED) is 0.391. The van der Waals surface area contributed by atoms with Crippen LogP contribution in [0.2, 0.25) is 0 Å². The van der Waals surface area contributed by atoms with Gasteiger partial charge in [-0.1, -0.05) is 49.3 Å². The first-order valence-electron chi connectivity index (χ1n) is 4.84. The van der Waals surface area contributed by atoms with E-state index in [0.717, 1.165) is 30.1 Å². The Morgan fingerprint density at radius 2 is 1.77 bits per heavy atom. The molecule has 0 bridgehead atoms. The van der Waals surface area contributed by atoms with E-state index in [0.29, 0.717) is 6.42 Å². The van der Waals surface area contributed by atoms with Gasteiger partial charge >= 0.3 is 0 Å². The number of alkyl halides is 1. The molecule has 0 atom stereocenters. The molecule has 0 aromatic heterocycles. The van der Waals surface area contributed by atoms with Crippen LogP contribution in [0.25, 0.3) is 0 Å². The Labute approximate surface area is 99.8 Å². The van der Waals surface area contributed by atoms with Crippen molar-refractivity contribution in [3.63, 3.8) is 0 Å². The van der Waals surface area contributed by atoms with Crippen LogP contribution >= 0.6 is 34.2 Å². The van der Waals surface area contributed by atoms with Gasteiger partial charge in [-0.25, -0.2) is 0 Å². The van der Waals surface area contributed by atoms with E-state index in [1.165, 1.54) is 0 Å². The summed E-state index contributed by atoms with van der Waals surface area (Å²) in [7, 11) is 0. The Morgan fingerprint density at radius 3 is 2.00 bits per heavy atom. The second-order valence-corrected chi connectivity index (χ2v) is 4.85. The van der Waals surface area contributed by atoms with Gasteiger partial charge in [-0.2, -0.15) is 0 Å². The van der Waals surface area contributed by atoms with Gasteiger partial charge in [-0.3, -0.25) is 4.79 Å². The largest absolute Gasteiger partial charge is 0.281 e. The highest BCUT2D eigenvalue weighted by Crippen LogP contribution is 2.36. The third-order valence-electron chi connectivity index (χ3n) is 2.36. The van der Waals surface area contributed by atoms with Gasteiger partial charge in [0.1, 0.15) is 0 Å². The molecule has 0 fully saturated rings. The van der Waals surface area contributed by atoms with Crippen molar-refractivity contribution in [2.75, 3.05) is 4.43 Å². The van der Waals surface area contributed by atoms with Crippen molar-refractivity contribution < 1.29 is 4.79 Å². The lowest BCUT2D eigenvalue weighted by atomic mass is 9.79. The molecular weight excluding hydrogens is 298 g/mol. The van der Waals surface area contributed by atoms with Gasteiger partial charge in [0.2, 0.25) is 5.24 Å². The average Bonchev–Trinajstić information content (AvgIpc) is 2.04. The van der Waals surface area contributed by atoms with Crippen molar-refractivity contribution >= 4 is 39.4 Å². The van der Waals surface area contributed by atoms with Crippen LogP contribution in [0.15, 0.2) is 0 Å². The zero-order chi connectivity index (χ0) is 10.3. The lowest BCUT2D eigenvalue weighted by Gasteiger charge is -2.30. The normalized spacial score (nSPS) is 11.7. The summed E-state index contributed by atoms with van der Waals surface area (Å²) >= 11 is 7.84. The fraction of sp³-hybridized carbons (Fsp3) is 0.900. The first-order valence-corrected chi connectivity index (χ1v) is 6.75. The molecule has 0 aromatic rings. The van der Waals surface area contributed by atoms with E-state index in [4.69, 9.17) is 11.6 Å². The third-order valence-corrected chi connectivity index (χ3v) is 4.11. The van der Waals surface area contributed by atoms with E-state index in [1.807, 2.05) is 0 Å². The fourth-order valence-electron chi connectivity index (χ4n) is 1.84. The maximum absolute atomic E-state index is 10.9. The number of carbonyl (C=O) groups excluding carboxylic acids is 1. The molecule has 0 saturated heterocycles. The van der Waals surface area contributed by atoms with Crippen molar-refractivity contribution in [2.45, 2.75) is 46.0 Å². The van der Waals surface area contributed by atoms with Crippen molar-refractivity contribution in [1.29, 1.82) is 0 Å². The van der Waals surface area contributed by atoms with E-state index >= 15 is 0 Å². The third kappa shape index (κ3) is 5.21.